The summed E-state index contributed by atoms with van der Waals surface area (Å²) in [4.78, 5) is 26.2. The van der Waals surface area contributed by atoms with E-state index in [0.29, 0.717) is 21.4 Å². The highest BCUT2D eigenvalue weighted by Crippen LogP contribution is 2.36. The molecule has 0 atom stereocenters. The molecule has 25 heavy (non-hydrogen) atoms. The van der Waals surface area contributed by atoms with Gasteiger partial charge in [0.2, 0.25) is 0 Å². The second-order valence-electron chi connectivity index (χ2n) is 5.06. The first-order chi connectivity index (χ1) is 12.1. The van der Waals surface area contributed by atoms with Crippen molar-refractivity contribution in [1.29, 1.82) is 0 Å². The van der Waals surface area contributed by atoms with E-state index >= 15 is 0 Å². The van der Waals surface area contributed by atoms with Crippen molar-refractivity contribution in [2.45, 2.75) is 0 Å². The number of hydrogen-bond acceptors (Lipinski definition) is 4. The number of anilines is 1. The molecule has 0 spiro atoms. The summed E-state index contributed by atoms with van der Waals surface area (Å²) in [6.07, 6.45) is 6.82. The zero-order chi connectivity index (χ0) is 17.8. The Morgan fingerprint density at radius 1 is 1.12 bits per heavy atom. The van der Waals surface area contributed by atoms with Gasteiger partial charge in [-0.15, -0.1) is 6.42 Å². The van der Waals surface area contributed by atoms with Crippen molar-refractivity contribution in [3.05, 3.63) is 64.0 Å². The Kier molecular flexibility index (Phi) is 5.13. The number of terminal acetylenes is 1. The van der Waals surface area contributed by atoms with E-state index in [9.17, 15) is 9.59 Å². The second-order valence-corrected chi connectivity index (χ2v) is 6.48. The van der Waals surface area contributed by atoms with Crippen LogP contribution in [-0.2, 0) is 4.79 Å². The van der Waals surface area contributed by atoms with E-state index in [2.05, 4.69) is 5.92 Å². The van der Waals surface area contributed by atoms with Gasteiger partial charge in [0.05, 0.1) is 10.6 Å². The minimum atomic E-state index is -0.356. The Balaban J connectivity index is 1.80. The van der Waals surface area contributed by atoms with Crippen LogP contribution in [0.3, 0.4) is 0 Å². The summed E-state index contributed by atoms with van der Waals surface area (Å²) in [6, 6.07) is 13.7. The SMILES string of the molecule is C#CCOc1ccc(/C=C2/SC(=O)N(c3ccc(Cl)cc3)C2=O)cc1. The van der Waals surface area contributed by atoms with E-state index in [1.807, 2.05) is 0 Å². The first-order valence-corrected chi connectivity index (χ1v) is 8.48. The average Bonchev–Trinajstić information content (AvgIpc) is 2.89. The predicted octanol–water partition coefficient (Wildman–Crippen LogP) is 4.59. The number of ether oxygens (including phenoxy) is 1. The van der Waals surface area contributed by atoms with Crippen molar-refractivity contribution in [1.82, 2.24) is 0 Å². The van der Waals surface area contributed by atoms with E-state index in [0.717, 1.165) is 22.2 Å². The maximum absolute atomic E-state index is 12.6. The van der Waals surface area contributed by atoms with E-state index in [4.69, 9.17) is 22.8 Å². The van der Waals surface area contributed by atoms with Crippen molar-refractivity contribution >= 4 is 46.3 Å². The third-order valence-corrected chi connectivity index (χ3v) is 4.50. The molecule has 0 aromatic heterocycles. The molecule has 0 N–H and O–H groups in total. The highest BCUT2D eigenvalue weighted by Gasteiger charge is 2.36. The Labute approximate surface area is 154 Å². The van der Waals surface area contributed by atoms with Crippen LogP contribution in [0.25, 0.3) is 6.08 Å². The van der Waals surface area contributed by atoms with Crippen molar-refractivity contribution in [3.63, 3.8) is 0 Å². The number of carbonyl (C=O) groups excluding carboxylic acids is 2. The summed E-state index contributed by atoms with van der Waals surface area (Å²) in [5, 5.41) is 0.200. The molecular weight excluding hydrogens is 358 g/mol. The highest BCUT2D eigenvalue weighted by molar-refractivity contribution is 8.19. The number of hydrogen-bond donors (Lipinski definition) is 0. The minimum Gasteiger partial charge on any atom is -0.481 e. The van der Waals surface area contributed by atoms with Crippen LogP contribution in [0.4, 0.5) is 10.5 Å². The monoisotopic (exact) mass is 369 g/mol. The van der Waals surface area contributed by atoms with Crippen LogP contribution in [0.5, 0.6) is 5.75 Å². The molecule has 1 saturated heterocycles. The smallest absolute Gasteiger partial charge is 0.298 e. The Morgan fingerprint density at radius 2 is 1.80 bits per heavy atom. The first-order valence-electron chi connectivity index (χ1n) is 7.28. The number of imide groups is 1. The molecule has 0 radical (unpaired) electrons. The molecule has 1 aliphatic heterocycles. The van der Waals surface area contributed by atoms with Crippen LogP contribution in [0.2, 0.25) is 5.02 Å². The third-order valence-electron chi connectivity index (χ3n) is 3.38. The van der Waals surface area contributed by atoms with Gasteiger partial charge in [-0.3, -0.25) is 9.59 Å². The van der Waals surface area contributed by atoms with Gasteiger partial charge < -0.3 is 4.74 Å². The highest BCUT2D eigenvalue weighted by atomic mass is 35.5. The number of halogens is 1. The number of amides is 2. The summed E-state index contributed by atoms with van der Waals surface area (Å²) >= 11 is 6.75. The zero-order valence-corrected chi connectivity index (χ0v) is 14.5. The van der Waals surface area contributed by atoms with Gasteiger partial charge >= 0.3 is 0 Å². The Hall–Kier alpha value is -2.68. The summed E-state index contributed by atoms with van der Waals surface area (Å²) in [6.45, 7) is 0.194. The molecule has 0 aliphatic carbocycles. The van der Waals surface area contributed by atoms with Crippen LogP contribution >= 0.6 is 23.4 Å². The van der Waals surface area contributed by atoms with Crippen molar-refractivity contribution < 1.29 is 14.3 Å². The minimum absolute atomic E-state index is 0.194. The van der Waals surface area contributed by atoms with Crippen LogP contribution < -0.4 is 9.64 Å². The van der Waals surface area contributed by atoms with Gasteiger partial charge in [0, 0.05) is 5.02 Å². The van der Waals surface area contributed by atoms with Crippen molar-refractivity contribution in [3.8, 4) is 18.1 Å². The quantitative estimate of drug-likeness (QED) is 0.584. The molecule has 6 heteroatoms. The van der Waals surface area contributed by atoms with Crippen molar-refractivity contribution in [2.24, 2.45) is 0 Å². The fraction of sp³-hybridized carbons (Fsp3) is 0.0526. The molecular formula is C19H12ClNO3S. The molecule has 1 aliphatic rings. The molecule has 1 heterocycles. The molecule has 4 nitrogen and oxygen atoms in total. The van der Waals surface area contributed by atoms with E-state index in [1.54, 1.807) is 54.6 Å². The summed E-state index contributed by atoms with van der Waals surface area (Å²) in [5.41, 5.74) is 1.28. The van der Waals surface area contributed by atoms with Gasteiger partial charge in [-0.05, 0) is 59.8 Å². The molecule has 2 amide bonds. The molecule has 2 aromatic rings. The number of thioether (sulfide) groups is 1. The van der Waals surface area contributed by atoms with Gasteiger partial charge in [0.15, 0.2) is 0 Å². The van der Waals surface area contributed by atoms with Crippen LogP contribution in [0.1, 0.15) is 5.56 Å². The topological polar surface area (TPSA) is 46.6 Å². The lowest BCUT2D eigenvalue weighted by Gasteiger charge is -2.12. The van der Waals surface area contributed by atoms with E-state index < -0.39 is 0 Å². The maximum atomic E-state index is 12.6. The van der Waals surface area contributed by atoms with Gasteiger partial charge in [0.25, 0.3) is 11.1 Å². The molecule has 1 fully saturated rings. The van der Waals surface area contributed by atoms with Gasteiger partial charge in [-0.2, -0.15) is 0 Å². The molecule has 0 saturated carbocycles. The molecule has 0 bridgehead atoms. The summed E-state index contributed by atoms with van der Waals surface area (Å²) < 4.78 is 5.30. The summed E-state index contributed by atoms with van der Waals surface area (Å²) in [5.74, 6) is 2.68. The summed E-state index contributed by atoms with van der Waals surface area (Å²) in [7, 11) is 0. The number of carbonyl (C=O) groups is 2. The lowest BCUT2D eigenvalue weighted by Crippen LogP contribution is -2.27. The normalized spacial score (nSPS) is 15.5. The van der Waals surface area contributed by atoms with E-state index in [-0.39, 0.29) is 17.8 Å². The zero-order valence-electron chi connectivity index (χ0n) is 12.9. The van der Waals surface area contributed by atoms with Gasteiger partial charge in [0.1, 0.15) is 12.4 Å². The molecule has 124 valence electrons. The van der Waals surface area contributed by atoms with Crippen LogP contribution in [0.15, 0.2) is 53.4 Å². The lowest BCUT2D eigenvalue weighted by molar-refractivity contribution is -0.113. The van der Waals surface area contributed by atoms with Gasteiger partial charge in [-0.1, -0.05) is 29.7 Å². The molecule has 2 aromatic carbocycles. The standard InChI is InChI=1S/C19H12ClNO3S/c1-2-11-24-16-9-3-13(4-10-16)12-17-18(22)21(19(23)25-17)15-7-5-14(20)6-8-15/h1,3-10,12H,11H2/b17-12+. The van der Waals surface area contributed by atoms with Crippen LogP contribution in [-0.4, -0.2) is 17.8 Å². The average molecular weight is 370 g/mol. The number of rotatable bonds is 4. The Bertz CT molecular complexity index is 882. The number of benzene rings is 2. The van der Waals surface area contributed by atoms with E-state index in [1.165, 1.54) is 0 Å². The molecule has 0 unspecified atom stereocenters. The maximum Gasteiger partial charge on any atom is 0.298 e. The Morgan fingerprint density at radius 3 is 2.44 bits per heavy atom. The predicted molar refractivity (Wildman–Crippen MR) is 101 cm³/mol. The number of nitrogens with zero attached hydrogens (tertiary/aromatic N) is 1. The third kappa shape index (κ3) is 3.87. The largest absolute Gasteiger partial charge is 0.481 e. The van der Waals surface area contributed by atoms with Gasteiger partial charge in [-0.25, -0.2) is 4.90 Å². The lowest BCUT2D eigenvalue weighted by atomic mass is 10.2. The van der Waals surface area contributed by atoms with Crippen LogP contribution in [0, 0.1) is 12.3 Å². The second kappa shape index (κ2) is 7.47. The van der Waals surface area contributed by atoms with Crippen molar-refractivity contribution in [2.75, 3.05) is 11.5 Å². The fourth-order valence-corrected chi connectivity index (χ4v) is 3.18. The molecule has 3 rings (SSSR count). The fourth-order valence-electron chi connectivity index (χ4n) is 2.22. The first kappa shape index (κ1) is 17.2.